The van der Waals surface area contributed by atoms with Crippen LogP contribution in [0.4, 0.5) is 22.8 Å². The summed E-state index contributed by atoms with van der Waals surface area (Å²) >= 11 is 0. The number of aromatic nitrogens is 1. The van der Waals surface area contributed by atoms with Crippen molar-refractivity contribution in [2.24, 2.45) is 11.8 Å². The van der Waals surface area contributed by atoms with Gasteiger partial charge in [0.1, 0.15) is 46.8 Å². The van der Waals surface area contributed by atoms with Crippen molar-refractivity contribution in [3.63, 3.8) is 0 Å². The third kappa shape index (κ3) is 11.2. The first-order chi connectivity index (χ1) is 33.2. The molecule has 4 aliphatic heterocycles. The second kappa shape index (κ2) is 19.3. The highest BCUT2D eigenvalue weighted by atomic mass is 32.2. The molecule has 71 heavy (non-hydrogen) atoms. The Hall–Kier alpha value is -5.34. The fraction of sp³-hybridized carbons (Fsp3) is 0.680. The van der Waals surface area contributed by atoms with Gasteiger partial charge in [0.2, 0.25) is 21.8 Å². The SMILES string of the molecule is CC(C)C(C)OC(=O)NC1CCCCCC=CC2CC2(C(=O)NS(=O)(=O)C2(C)CC2)NC(=O)C2CC3(CCc4c(c(C(F)(F)F)nc5ccc(OC6CCN(C(=O)OC(C)(C)C)CC6)cc45)O3)CN2C1=O. The van der Waals surface area contributed by atoms with Gasteiger partial charge in [-0.05, 0) is 110 Å². The molecule has 2 aromatic rings. The van der Waals surface area contributed by atoms with Gasteiger partial charge in [-0.1, -0.05) is 38.8 Å². The Morgan fingerprint density at radius 3 is 2.37 bits per heavy atom. The van der Waals surface area contributed by atoms with Crippen molar-refractivity contribution in [2.45, 2.75) is 184 Å². The van der Waals surface area contributed by atoms with E-state index in [1.165, 1.54) is 17.9 Å². The maximum atomic E-state index is 15.1. The Bertz CT molecular complexity index is 2570. The number of piperidine rings is 1. The topological polar surface area (TPSA) is 212 Å². The number of amides is 5. The smallest absolute Gasteiger partial charge is 0.437 e. The largest absolute Gasteiger partial charge is 0.490 e. The van der Waals surface area contributed by atoms with E-state index >= 15 is 13.2 Å². The molecular formula is C50H67F3N6O11S. The van der Waals surface area contributed by atoms with Gasteiger partial charge >= 0.3 is 18.4 Å². The number of hydrogen-bond donors (Lipinski definition) is 3. The number of aryl methyl sites for hydroxylation is 1. The molecular weight excluding hydrogens is 950 g/mol. The molecule has 6 aliphatic rings. The molecule has 1 spiro atoms. The lowest BCUT2D eigenvalue weighted by Gasteiger charge is -2.37. The molecule has 2 aliphatic carbocycles. The minimum Gasteiger partial charge on any atom is -0.490 e. The molecule has 6 atom stereocenters. The van der Waals surface area contributed by atoms with Crippen LogP contribution in [-0.4, -0.2) is 119 Å². The number of hydrogen-bond acceptors (Lipinski definition) is 12. The number of nitrogens with one attached hydrogen (secondary N) is 3. The maximum absolute atomic E-state index is 15.1. The number of halogens is 3. The van der Waals surface area contributed by atoms with Gasteiger partial charge in [0.25, 0.3) is 5.91 Å². The Kier molecular flexibility index (Phi) is 14.1. The molecule has 0 radical (unpaired) electrons. The molecule has 8 rings (SSSR count). The van der Waals surface area contributed by atoms with Gasteiger partial charge < -0.3 is 39.4 Å². The number of pyridine rings is 1. The maximum Gasteiger partial charge on any atom is 0.437 e. The molecule has 4 fully saturated rings. The van der Waals surface area contributed by atoms with Crippen LogP contribution in [-0.2, 0) is 46.5 Å². The molecule has 5 heterocycles. The van der Waals surface area contributed by atoms with Crippen molar-refractivity contribution in [3.8, 4) is 11.5 Å². The number of alkyl carbamates (subject to hydrolysis) is 1. The summed E-state index contributed by atoms with van der Waals surface area (Å²) in [5.74, 6) is -3.24. The zero-order valence-corrected chi connectivity index (χ0v) is 42.4. The van der Waals surface area contributed by atoms with Gasteiger partial charge in [-0.3, -0.25) is 19.1 Å². The van der Waals surface area contributed by atoms with Gasteiger partial charge in [0, 0.05) is 49.2 Å². The van der Waals surface area contributed by atoms with E-state index < -0.39 is 103 Å². The second-order valence-electron chi connectivity index (χ2n) is 22.0. The minimum atomic E-state index is -4.99. The van der Waals surface area contributed by atoms with Crippen molar-refractivity contribution < 1.29 is 64.5 Å². The average molecular weight is 1020 g/mol. The Balaban J connectivity index is 1.11. The number of likely N-dealkylation sites (tertiary alicyclic amines) is 1. The molecule has 17 nitrogen and oxygen atoms in total. The lowest BCUT2D eigenvalue weighted by molar-refractivity contribution is -0.144. The monoisotopic (exact) mass is 1020 g/mol. The molecule has 2 saturated heterocycles. The summed E-state index contributed by atoms with van der Waals surface area (Å²) in [6, 6.07) is 2.00. The molecule has 0 bridgehead atoms. The molecule has 2 saturated carbocycles. The van der Waals surface area contributed by atoms with Crippen LogP contribution in [0.3, 0.4) is 0 Å². The lowest BCUT2D eigenvalue weighted by atomic mass is 9.87. The third-order valence-electron chi connectivity index (χ3n) is 15.0. The van der Waals surface area contributed by atoms with E-state index in [4.69, 9.17) is 18.9 Å². The molecule has 3 N–H and O–H groups in total. The zero-order chi connectivity index (χ0) is 51.5. The predicted molar refractivity (Wildman–Crippen MR) is 254 cm³/mol. The van der Waals surface area contributed by atoms with Gasteiger partial charge in [-0.15, -0.1) is 0 Å². The van der Waals surface area contributed by atoms with E-state index in [1.54, 1.807) is 50.8 Å². The van der Waals surface area contributed by atoms with Crippen LogP contribution in [0.2, 0.25) is 0 Å². The fourth-order valence-corrected chi connectivity index (χ4v) is 11.2. The Labute approximate surface area is 412 Å². The van der Waals surface area contributed by atoms with Gasteiger partial charge in [-0.2, -0.15) is 13.2 Å². The first-order valence-electron chi connectivity index (χ1n) is 24.9. The number of ether oxygens (including phenoxy) is 4. The van der Waals surface area contributed by atoms with Crippen LogP contribution in [0, 0.1) is 11.8 Å². The first kappa shape index (κ1) is 52.0. The Morgan fingerprint density at radius 2 is 1.70 bits per heavy atom. The van der Waals surface area contributed by atoms with Gasteiger partial charge in [0.15, 0.2) is 11.4 Å². The van der Waals surface area contributed by atoms with E-state index in [0.717, 1.165) is 0 Å². The van der Waals surface area contributed by atoms with E-state index in [1.807, 2.05) is 19.9 Å². The summed E-state index contributed by atoms with van der Waals surface area (Å²) < 4.78 is 97.1. The van der Waals surface area contributed by atoms with Crippen LogP contribution in [0.5, 0.6) is 11.5 Å². The molecule has 390 valence electrons. The van der Waals surface area contributed by atoms with E-state index in [0.29, 0.717) is 75.6 Å². The molecule has 6 unspecified atom stereocenters. The number of sulfonamides is 1. The summed E-state index contributed by atoms with van der Waals surface area (Å²) in [6.45, 7) is 12.8. The quantitative estimate of drug-likeness (QED) is 0.224. The van der Waals surface area contributed by atoms with Crippen molar-refractivity contribution in [2.75, 3.05) is 19.6 Å². The fourth-order valence-electron chi connectivity index (χ4n) is 9.93. The van der Waals surface area contributed by atoms with Crippen LogP contribution in [0.1, 0.15) is 137 Å². The average Bonchev–Trinajstić information content (AvgIpc) is 4.18. The Morgan fingerprint density at radius 1 is 0.986 bits per heavy atom. The first-order valence-corrected chi connectivity index (χ1v) is 26.4. The van der Waals surface area contributed by atoms with E-state index in [-0.39, 0.29) is 61.8 Å². The van der Waals surface area contributed by atoms with Crippen LogP contribution in [0.15, 0.2) is 30.4 Å². The standard InChI is InChI=1S/C50H67F3N6O11S/c1-29(2)30(3)67-44(63)55-37-14-12-10-8-9-11-13-31-26-49(31,43(62)57-71(65,66)47(7)21-22-47)56-41(60)38-27-48(28-59(38)42(37)61)20-17-34-35-25-33(15-16-36(35)54-40(39(34)69-48)50(51,52)53)68-32-18-23-58(24-19-32)45(64)70-46(4,5)6/h11,13,15-16,25,29-32,37-38H,8-10,12,14,17-24,26-28H2,1-7H3,(H,55,63)(H,56,60)(H,57,62). The normalized spacial score (nSPS) is 27.5. The van der Waals surface area contributed by atoms with E-state index in [2.05, 4.69) is 20.3 Å². The minimum absolute atomic E-state index is 0.0163. The summed E-state index contributed by atoms with van der Waals surface area (Å²) in [6.07, 6.45) is 0.692. The zero-order valence-electron chi connectivity index (χ0n) is 41.5. The molecule has 21 heteroatoms. The van der Waals surface area contributed by atoms with Gasteiger partial charge in [0.05, 0.1) is 16.8 Å². The highest BCUT2D eigenvalue weighted by molar-refractivity contribution is 7.91. The second-order valence-corrected chi connectivity index (χ2v) is 24.2. The summed E-state index contributed by atoms with van der Waals surface area (Å²) in [7, 11) is -4.13. The number of alkyl halides is 3. The molecule has 5 amide bonds. The van der Waals surface area contributed by atoms with Crippen LogP contribution in [0.25, 0.3) is 10.9 Å². The lowest BCUT2D eigenvalue weighted by Crippen LogP contribution is -2.58. The highest BCUT2D eigenvalue weighted by Gasteiger charge is 2.64. The summed E-state index contributed by atoms with van der Waals surface area (Å²) in [5, 5.41) is 5.88. The van der Waals surface area contributed by atoms with Crippen LogP contribution < -0.4 is 24.8 Å². The number of allylic oxidation sites excluding steroid dienone is 1. The number of rotatable bonds is 8. The van der Waals surface area contributed by atoms with Crippen molar-refractivity contribution in [1.29, 1.82) is 0 Å². The molecule has 1 aromatic heterocycles. The number of carbonyl (C=O) groups is 5. The number of fused-ring (bicyclic) bond motifs is 5. The van der Waals surface area contributed by atoms with Gasteiger partial charge in [-0.25, -0.2) is 23.0 Å². The summed E-state index contributed by atoms with van der Waals surface area (Å²) in [4.78, 5) is 76.8. The van der Waals surface area contributed by atoms with Crippen molar-refractivity contribution >= 4 is 50.8 Å². The third-order valence-corrected chi connectivity index (χ3v) is 17.1. The summed E-state index contributed by atoms with van der Waals surface area (Å²) in [5.41, 5.74) is -4.95. The van der Waals surface area contributed by atoms with E-state index in [9.17, 15) is 32.4 Å². The number of benzene rings is 1. The molecule has 1 aromatic carbocycles. The van der Waals surface area contributed by atoms with Crippen molar-refractivity contribution in [1.82, 2.24) is 30.1 Å². The predicted octanol–water partition coefficient (Wildman–Crippen LogP) is 7.23. The van der Waals surface area contributed by atoms with Crippen LogP contribution >= 0.6 is 0 Å². The van der Waals surface area contributed by atoms with Crippen molar-refractivity contribution in [3.05, 3.63) is 41.6 Å². The number of carbonyl (C=O) groups excluding carboxylic acids is 5. The number of nitrogens with zero attached hydrogens (tertiary/aromatic N) is 3. The highest BCUT2D eigenvalue weighted by Crippen LogP contribution is 2.51.